The Hall–Kier alpha value is -1.11. The predicted octanol–water partition coefficient (Wildman–Crippen LogP) is 5.88. The molecule has 0 spiro atoms. The summed E-state index contributed by atoms with van der Waals surface area (Å²) in [5.74, 6) is 0.406. The first-order valence-corrected chi connectivity index (χ1v) is 7.67. The maximum absolute atomic E-state index is 10.2. The summed E-state index contributed by atoms with van der Waals surface area (Å²) in [7, 11) is 0. The van der Waals surface area contributed by atoms with Crippen molar-refractivity contribution in [3.8, 4) is 0 Å². The van der Waals surface area contributed by atoms with Gasteiger partial charge in [0.1, 0.15) is 6.29 Å². The Kier molecular flexibility index (Phi) is 18.0. The molecular formula is C18H32O. The minimum absolute atomic E-state index is 0.406. The number of carbonyl (C=O) groups is 1. The van der Waals surface area contributed by atoms with Gasteiger partial charge in [-0.15, -0.1) is 0 Å². The van der Waals surface area contributed by atoms with Gasteiger partial charge >= 0.3 is 0 Å². The molecule has 0 heterocycles. The highest BCUT2D eigenvalue weighted by Gasteiger charge is 2.10. The van der Waals surface area contributed by atoms with Crippen LogP contribution in [0.5, 0.6) is 0 Å². The van der Waals surface area contributed by atoms with Crippen molar-refractivity contribution in [2.75, 3.05) is 0 Å². The number of hydrogen-bond donors (Lipinski definition) is 0. The third kappa shape index (κ3) is 13.1. The Morgan fingerprint density at radius 1 is 1.16 bits per heavy atom. The first kappa shape index (κ1) is 20.2. The van der Waals surface area contributed by atoms with E-state index in [1.165, 1.54) is 31.3 Å². The lowest BCUT2D eigenvalue weighted by atomic mass is 9.91. The van der Waals surface area contributed by atoms with Crippen LogP contribution < -0.4 is 0 Å². The van der Waals surface area contributed by atoms with Gasteiger partial charge in [0.15, 0.2) is 0 Å². The van der Waals surface area contributed by atoms with E-state index in [-0.39, 0.29) is 0 Å². The molecule has 110 valence electrons. The smallest absolute Gasteiger partial charge is 0.123 e. The summed E-state index contributed by atoms with van der Waals surface area (Å²) < 4.78 is 0. The third-order valence-corrected chi connectivity index (χ3v) is 2.98. The van der Waals surface area contributed by atoms with Crippen molar-refractivity contribution in [1.29, 1.82) is 0 Å². The van der Waals surface area contributed by atoms with E-state index in [0.29, 0.717) is 5.92 Å². The Labute approximate surface area is 120 Å². The molecule has 0 aromatic heterocycles. The second-order valence-electron chi connectivity index (χ2n) is 4.47. The molecule has 0 amide bonds. The molecule has 1 saturated carbocycles. The average molecular weight is 264 g/mol. The van der Waals surface area contributed by atoms with E-state index in [1.54, 1.807) is 6.08 Å². The largest absolute Gasteiger partial charge is 0.303 e. The second kappa shape index (κ2) is 16.9. The molecule has 1 rings (SSSR count). The Morgan fingerprint density at radius 2 is 1.74 bits per heavy atom. The van der Waals surface area contributed by atoms with E-state index >= 15 is 0 Å². The number of carbonyl (C=O) groups excluding carboxylic acids is 1. The minimum atomic E-state index is 0.406. The van der Waals surface area contributed by atoms with Gasteiger partial charge < -0.3 is 4.79 Å². The maximum Gasteiger partial charge on any atom is 0.123 e. The van der Waals surface area contributed by atoms with E-state index in [1.807, 2.05) is 26.0 Å². The van der Waals surface area contributed by atoms with Gasteiger partial charge in [0.25, 0.3) is 0 Å². The number of aldehydes is 1. The summed E-state index contributed by atoms with van der Waals surface area (Å²) in [6, 6.07) is 0. The summed E-state index contributed by atoms with van der Waals surface area (Å²) in [4.78, 5) is 10.2. The molecule has 19 heavy (non-hydrogen) atoms. The molecule has 1 heteroatoms. The molecule has 0 bridgehead atoms. The van der Waals surface area contributed by atoms with Gasteiger partial charge in [0.05, 0.1) is 0 Å². The highest BCUT2D eigenvalue weighted by Crippen LogP contribution is 2.21. The van der Waals surface area contributed by atoms with Crippen LogP contribution in [0.1, 0.15) is 65.7 Å². The average Bonchev–Trinajstić information content (AvgIpc) is 2.50. The molecule has 0 radical (unpaired) electrons. The Morgan fingerprint density at radius 3 is 2.05 bits per heavy atom. The molecule has 0 saturated heterocycles. The molecule has 1 aliphatic rings. The van der Waals surface area contributed by atoms with Crippen LogP contribution >= 0.6 is 0 Å². The van der Waals surface area contributed by atoms with Gasteiger partial charge in [0, 0.05) is 5.92 Å². The van der Waals surface area contributed by atoms with Crippen LogP contribution in [0.15, 0.2) is 37.0 Å². The first-order chi connectivity index (χ1) is 9.28. The molecule has 0 N–H and O–H groups in total. The molecular weight excluding hydrogens is 232 g/mol. The van der Waals surface area contributed by atoms with Crippen molar-refractivity contribution in [3.63, 3.8) is 0 Å². The fraction of sp³-hybridized carbons (Fsp3) is 0.611. The quantitative estimate of drug-likeness (QED) is 0.448. The van der Waals surface area contributed by atoms with Crippen LogP contribution in [0.2, 0.25) is 0 Å². The number of rotatable bonds is 5. The topological polar surface area (TPSA) is 17.1 Å². The van der Waals surface area contributed by atoms with Gasteiger partial charge in [-0.1, -0.05) is 77.8 Å². The summed E-state index contributed by atoms with van der Waals surface area (Å²) >= 11 is 0. The third-order valence-electron chi connectivity index (χ3n) is 2.98. The standard InChI is InChI=1S/C9H14.C7H12O.C2H6/c1-4-7-9(6-3)8-5-2;8-6-7-4-2-1-3-5-7;1-2/h4,6-7H,1,3,5,8H2,2H3;6-7H,1-5H2;1-2H3/b9-7+;;. The summed E-state index contributed by atoms with van der Waals surface area (Å²) in [6.07, 6.45) is 15.2. The van der Waals surface area contributed by atoms with E-state index in [9.17, 15) is 4.79 Å². The fourth-order valence-electron chi connectivity index (χ4n) is 1.96. The first-order valence-electron chi connectivity index (χ1n) is 7.67. The molecule has 0 aliphatic heterocycles. The van der Waals surface area contributed by atoms with Crippen molar-refractivity contribution < 1.29 is 4.79 Å². The normalized spacial score (nSPS) is 15.2. The van der Waals surface area contributed by atoms with Crippen LogP contribution in [0.3, 0.4) is 0 Å². The molecule has 0 unspecified atom stereocenters. The SMILES string of the molecule is C=C/C=C(\C=C)CCC.CC.O=CC1CCCCC1. The zero-order valence-corrected chi connectivity index (χ0v) is 13.2. The van der Waals surface area contributed by atoms with Crippen LogP contribution in [-0.2, 0) is 4.79 Å². The second-order valence-corrected chi connectivity index (χ2v) is 4.47. The zero-order valence-electron chi connectivity index (χ0n) is 13.2. The van der Waals surface area contributed by atoms with Gasteiger partial charge in [-0.25, -0.2) is 0 Å². The lowest BCUT2D eigenvalue weighted by molar-refractivity contribution is -0.111. The molecule has 1 nitrogen and oxygen atoms in total. The molecule has 1 aliphatic carbocycles. The monoisotopic (exact) mass is 264 g/mol. The molecule has 0 atom stereocenters. The predicted molar refractivity (Wildman–Crippen MR) is 87.4 cm³/mol. The Bertz CT molecular complexity index is 244. The van der Waals surface area contributed by atoms with E-state index in [4.69, 9.17) is 0 Å². The highest BCUT2D eigenvalue weighted by molar-refractivity contribution is 5.53. The summed E-state index contributed by atoms with van der Waals surface area (Å²) in [5.41, 5.74) is 1.27. The van der Waals surface area contributed by atoms with Crippen molar-refractivity contribution in [2.45, 2.75) is 65.7 Å². The van der Waals surface area contributed by atoms with Gasteiger partial charge in [-0.05, 0) is 24.8 Å². The summed E-state index contributed by atoms with van der Waals surface area (Å²) in [6.45, 7) is 13.4. The molecule has 0 aromatic carbocycles. The lowest BCUT2D eigenvalue weighted by Gasteiger charge is -2.14. The zero-order chi connectivity index (χ0) is 14.9. The number of allylic oxidation sites excluding steroid dienone is 4. The van der Waals surface area contributed by atoms with E-state index in [0.717, 1.165) is 25.5 Å². The fourth-order valence-corrected chi connectivity index (χ4v) is 1.96. The van der Waals surface area contributed by atoms with Crippen LogP contribution in [-0.4, -0.2) is 6.29 Å². The highest BCUT2D eigenvalue weighted by atomic mass is 16.1. The van der Waals surface area contributed by atoms with Gasteiger partial charge in [-0.3, -0.25) is 0 Å². The number of hydrogen-bond acceptors (Lipinski definition) is 1. The van der Waals surface area contributed by atoms with Crippen molar-refractivity contribution in [2.24, 2.45) is 5.92 Å². The van der Waals surface area contributed by atoms with Gasteiger partial charge in [-0.2, -0.15) is 0 Å². The van der Waals surface area contributed by atoms with E-state index < -0.39 is 0 Å². The van der Waals surface area contributed by atoms with E-state index in [2.05, 4.69) is 20.1 Å². The molecule has 0 aromatic rings. The van der Waals surface area contributed by atoms with Gasteiger partial charge in [0.2, 0.25) is 0 Å². The van der Waals surface area contributed by atoms with Crippen LogP contribution in [0.25, 0.3) is 0 Å². The summed E-state index contributed by atoms with van der Waals surface area (Å²) in [5, 5.41) is 0. The molecule has 1 fully saturated rings. The van der Waals surface area contributed by atoms with Crippen molar-refractivity contribution in [3.05, 3.63) is 37.0 Å². The van der Waals surface area contributed by atoms with Crippen LogP contribution in [0.4, 0.5) is 0 Å². The van der Waals surface area contributed by atoms with Crippen molar-refractivity contribution in [1.82, 2.24) is 0 Å². The lowest BCUT2D eigenvalue weighted by Crippen LogP contribution is -2.06. The van der Waals surface area contributed by atoms with Crippen molar-refractivity contribution >= 4 is 6.29 Å². The minimum Gasteiger partial charge on any atom is -0.303 e. The maximum atomic E-state index is 10.2. The van der Waals surface area contributed by atoms with Crippen LogP contribution in [0, 0.1) is 5.92 Å². The Balaban J connectivity index is 0.